The second-order valence-electron chi connectivity index (χ2n) is 5.82. The molecule has 2 rings (SSSR count). The number of pyridine rings is 1. The molecule has 0 bridgehead atoms. The molecule has 1 amide bonds. The molecule has 0 saturated heterocycles. The maximum atomic E-state index is 12.4. The summed E-state index contributed by atoms with van der Waals surface area (Å²) in [5, 5.41) is 0. The molecule has 0 fully saturated rings. The van der Waals surface area contributed by atoms with Gasteiger partial charge in [0, 0.05) is 39.1 Å². The van der Waals surface area contributed by atoms with Gasteiger partial charge in [0.15, 0.2) is 0 Å². The molecule has 4 heteroatoms. The Balaban J connectivity index is 2.08. The van der Waals surface area contributed by atoms with Crippen molar-refractivity contribution in [3.05, 3.63) is 59.9 Å². The van der Waals surface area contributed by atoms with Gasteiger partial charge in [0.2, 0.25) is 0 Å². The summed E-state index contributed by atoms with van der Waals surface area (Å²) in [4.78, 5) is 20.5. The zero-order valence-electron chi connectivity index (χ0n) is 14.2. The summed E-state index contributed by atoms with van der Waals surface area (Å²) in [5.74, 6) is -0.0200. The fraction of sp³-hybridized carbons (Fsp3) is 0.368. The maximum Gasteiger partial charge on any atom is 0.272 e. The first-order valence-electron chi connectivity index (χ1n) is 8.08. The number of carbonyl (C=O) groups is 1. The van der Waals surface area contributed by atoms with Gasteiger partial charge in [-0.15, -0.1) is 0 Å². The fourth-order valence-corrected chi connectivity index (χ4v) is 2.41. The van der Waals surface area contributed by atoms with Crippen LogP contribution < -0.4 is 4.90 Å². The monoisotopic (exact) mass is 311 g/mol. The number of aromatic nitrogens is 1. The van der Waals surface area contributed by atoms with Crippen LogP contribution in [-0.4, -0.2) is 36.4 Å². The standard InChI is InChI=1S/C19H25N3O/c1-4-5-13-21(2)19(23)18-14-17(11-12-20-18)22(3)15-16-9-7-6-8-10-16/h6-12,14H,4-5,13,15H2,1-3H3. The van der Waals surface area contributed by atoms with Crippen LogP contribution in [-0.2, 0) is 6.54 Å². The second-order valence-corrected chi connectivity index (χ2v) is 5.82. The Morgan fingerprint density at radius 3 is 2.57 bits per heavy atom. The van der Waals surface area contributed by atoms with Crippen molar-refractivity contribution in [2.45, 2.75) is 26.3 Å². The number of carbonyl (C=O) groups excluding carboxylic acids is 1. The van der Waals surface area contributed by atoms with E-state index in [-0.39, 0.29) is 5.91 Å². The Morgan fingerprint density at radius 1 is 1.13 bits per heavy atom. The number of nitrogens with zero attached hydrogens (tertiary/aromatic N) is 3. The summed E-state index contributed by atoms with van der Waals surface area (Å²) in [6, 6.07) is 14.1. The van der Waals surface area contributed by atoms with Gasteiger partial charge >= 0.3 is 0 Å². The third kappa shape index (κ3) is 4.81. The van der Waals surface area contributed by atoms with E-state index in [4.69, 9.17) is 0 Å². The zero-order valence-corrected chi connectivity index (χ0v) is 14.2. The van der Waals surface area contributed by atoms with Gasteiger partial charge in [-0.2, -0.15) is 0 Å². The molecule has 0 aliphatic heterocycles. The summed E-state index contributed by atoms with van der Waals surface area (Å²) < 4.78 is 0. The van der Waals surface area contributed by atoms with Gasteiger partial charge in [-0.3, -0.25) is 9.78 Å². The molecule has 0 saturated carbocycles. The molecule has 2 aromatic rings. The molecule has 1 aromatic heterocycles. The Bertz CT molecular complexity index is 628. The zero-order chi connectivity index (χ0) is 16.7. The topological polar surface area (TPSA) is 36.4 Å². The largest absolute Gasteiger partial charge is 0.370 e. The van der Waals surface area contributed by atoms with Crippen LogP contribution in [0.5, 0.6) is 0 Å². The van der Waals surface area contributed by atoms with E-state index in [1.807, 2.05) is 44.4 Å². The molecule has 0 spiro atoms. The fourth-order valence-electron chi connectivity index (χ4n) is 2.41. The van der Waals surface area contributed by atoms with Crippen LogP contribution >= 0.6 is 0 Å². The molecule has 1 aromatic carbocycles. The van der Waals surface area contributed by atoms with Crippen molar-refractivity contribution in [3.63, 3.8) is 0 Å². The first-order valence-corrected chi connectivity index (χ1v) is 8.08. The molecule has 0 radical (unpaired) electrons. The maximum absolute atomic E-state index is 12.4. The highest BCUT2D eigenvalue weighted by Crippen LogP contribution is 2.16. The summed E-state index contributed by atoms with van der Waals surface area (Å²) in [6.07, 6.45) is 3.79. The minimum atomic E-state index is -0.0200. The van der Waals surface area contributed by atoms with Crippen LogP contribution in [0.3, 0.4) is 0 Å². The minimum absolute atomic E-state index is 0.0200. The van der Waals surface area contributed by atoms with E-state index >= 15 is 0 Å². The quantitative estimate of drug-likeness (QED) is 0.784. The van der Waals surface area contributed by atoms with Crippen molar-refractivity contribution >= 4 is 11.6 Å². The van der Waals surface area contributed by atoms with E-state index < -0.39 is 0 Å². The van der Waals surface area contributed by atoms with E-state index in [1.54, 1.807) is 11.1 Å². The lowest BCUT2D eigenvalue weighted by Crippen LogP contribution is -2.28. The second kappa shape index (κ2) is 8.32. The van der Waals surface area contributed by atoms with E-state index in [1.165, 1.54) is 5.56 Å². The molecule has 0 aliphatic carbocycles. The van der Waals surface area contributed by atoms with E-state index in [0.717, 1.165) is 31.6 Å². The summed E-state index contributed by atoms with van der Waals surface area (Å²) in [7, 11) is 3.86. The number of hydrogen-bond donors (Lipinski definition) is 0. The highest BCUT2D eigenvalue weighted by Gasteiger charge is 2.14. The van der Waals surface area contributed by atoms with Crippen molar-refractivity contribution < 1.29 is 4.79 Å². The Kier molecular flexibility index (Phi) is 6.15. The Morgan fingerprint density at radius 2 is 1.87 bits per heavy atom. The average Bonchev–Trinajstić information content (AvgIpc) is 2.60. The van der Waals surface area contributed by atoms with Crippen LogP contribution in [0.25, 0.3) is 0 Å². The van der Waals surface area contributed by atoms with Crippen molar-refractivity contribution in [3.8, 4) is 0 Å². The lowest BCUT2D eigenvalue weighted by atomic mass is 10.2. The van der Waals surface area contributed by atoms with Crippen molar-refractivity contribution in [2.24, 2.45) is 0 Å². The molecule has 23 heavy (non-hydrogen) atoms. The lowest BCUT2D eigenvalue weighted by Gasteiger charge is -2.21. The molecule has 4 nitrogen and oxygen atoms in total. The summed E-state index contributed by atoms with van der Waals surface area (Å²) in [6.45, 7) is 3.68. The average molecular weight is 311 g/mol. The van der Waals surface area contributed by atoms with Crippen molar-refractivity contribution in [1.29, 1.82) is 0 Å². The molecule has 122 valence electrons. The molecule has 0 unspecified atom stereocenters. The van der Waals surface area contributed by atoms with Gasteiger partial charge in [0.05, 0.1) is 0 Å². The van der Waals surface area contributed by atoms with Gasteiger partial charge in [-0.25, -0.2) is 0 Å². The SMILES string of the molecule is CCCCN(C)C(=O)c1cc(N(C)Cc2ccccc2)ccn1. The van der Waals surface area contributed by atoms with Gasteiger partial charge in [-0.05, 0) is 24.1 Å². The predicted octanol–water partition coefficient (Wildman–Crippen LogP) is 3.59. The van der Waals surface area contributed by atoms with Crippen LogP contribution in [0.15, 0.2) is 48.7 Å². The van der Waals surface area contributed by atoms with E-state index in [9.17, 15) is 4.79 Å². The first-order chi connectivity index (χ1) is 11.1. The third-order valence-corrected chi connectivity index (χ3v) is 3.86. The number of rotatable bonds is 7. The highest BCUT2D eigenvalue weighted by atomic mass is 16.2. The van der Waals surface area contributed by atoms with Crippen molar-refractivity contribution in [2.75, 3.05) is 25.5 Å². The van der Waals surface area contributed by atoms with Gasteiger partial charge in [0.25, 0.3) is 5.91 Å². The van der Waals surface area contributed by atoms with Crippen LogP contribution in [0.1, 0.15) is 35.8 Å². The van der Waals surface area contributed by atoms with Gasteiger partial charge in [-0.1, -0.05) is 43.7 Å². The molecule has 1 heterocycles. The van der Waals surface area contributed by atoms with Crippen molar-refractivity contribution in [1.82, 2.24) is 9.88 Å². The molecular formula is C19H25N3O. The normalized spacial score (nSPS) is 10.4. The number of anilines is 1. The molecule has 0 aliphatic rings. The van der Waals surface area contributed by atoms with Crippen LogP contribution in [0, 0.1) is 0 Å². The lowest BCUT2D eigenvalue weighted by molar-refractivity contribution is 0.0787. The van der Waals surface area contributed by atoms with Gasteiger partial charge in [0.1, 0.15) is 5.69 Å². The molecular weight excluding hydrogens is 286 g/mol. The Hall–Kier alpha value is -2.36. The smallest absolute Gasteiger partial charge is 0.272 e. The number of amides is 1. The minimum Gasteiger partial charge on any atom is -0.370 e. The predicted molar refractivity (Wildman–Crippen MR) is 94.7 cm³/mol. The van der Waals surface area contributed by atoms with Gasteiger partial charge < -0.3 is 9.80 Å². The van der Waals surface area contributed by atoms with Crippen LogP contribution in [0.2, 0.25) is 0 Å². The first kappa shape index (κ1) is 17.0. The number of hydrogen-bond acceptors (Lipinski definition) is 3. The van der Waals surface area contributed by atoms with Crippen LogP contribution in [0.4, 0.5) is 5.69 Å². The van der Waals surface area contributed by atoms with E-state index in [0.29, 0.717) is 5.69 Å². The number of benzene rings is 1. The molecule has 0 atom stereocenters. The Labute approximate surface area is 138 Å². The van der Waals surface area contributed by atoms with E-state index in [2.05, 4.69) is 28.9 Å². The molecule has 0 N–H and O–H groups in total. The highest BCUT2D eigenvalue weighted by molar-refractivity contribution is 5.93. The summed E-state index contributed by atoms with van der Waals surface area (Å²) in [5.41, 5.74) is 2.73. The summed E-state index contributed by atoms with van der Waals surface area (Å²) >= 11 is 0. The third-order valence-electron chi connectivity index (χ3n) is 3.86. The number of unbranched alkanes of at least 4 members (excludes halogenated alkanes) is 1.